The molecule has 2 nitrogen and oxygen atoms in total. The molecule has 1 saturated carbocycles. The van der Waals surface area contributed by atoms with Crippen molar-refractivity contribution < 1.29 is 4.79 Å². The molecule has 0 heterocycles. The van der Waals surface area contributed by atoms with Gasteiger partial charge in [0.2, 0.25) is 0 Å². The summed E-state index contributed by atoms with van der Waals surface area (Å²) in [6.45, 7) is 2.21. The van der Waals surface area contributed by atoms with Gasteiger partial charge in [0, 0.05) is 32.3 Å². The van der Waals surface area contributed by atoms with Gasteiger partial charge in [0.25, 0.3) is 0 Å². The topological polar surface area (TPSA) is 20.3 Å². The minimum absolute atomic E-state index is 0.353. The Balaban J connectivity index is 2.59. The first kappa shape index (κ1) is 11.3. The zero-order valence-electron chi connectivity index (χ0n) is 9.55. The zero-order valence-corrected chi connectivity index (χ0v) is 9.55. The van der Waals surface area contributed by atoms with Gasteiger partial charge in [0.1, 0.15) is 0 Å². The van der Waals surface area contributed by atoms with Crippen molar-refractivity contribution in [3.05, 3.63) is 11.8 Å². The first-order valence-corrected chi connectivity index (χ1v) is 5.53. The molecule has 1 unspecified atom stereocenters. The number of carbonyl (C=O) groups is 1. The van der Waals surface area contributed by atoms with Crippen LogP contribution in [0.2, 0.25) is 0 Å². The molecular formula is C12H21NO. The van der Waals surface area contributed by atoms with Crippen LogP contribution in [0.3, 0.4) is 0 Å². The minimum atomic E-state index is 0.353. The minimum Gasteiger partial charge on any atom is -0.383 e. The molecule has 0 spiro atoms. The number of rotatable bonds is 3. The third-order valence-corrected chi connectivity index (χ3v) is 2.76. The van der Waals surface area contributed by atoms with Crippen LogP contribution in [0, 0.1) is 5.92 Å². The molecule has 1 rings (SSSR count). The van der Waals surface area contributed by atoms with Crippen molar-refractivity contribution in [2.75, 3.05) is 14.1 Å². The zero-order chi connectivity index (χ0) is 10.6. The Bertz CT molecular complexity index is 230. The highest BCUT2D eigenvalue weighted by Crippen LogP contribution is 2.29. The van der Waals surface area contributed by atoms with Gasteiger partial charge in [0.15, 0.2) is 5.78 Å². The highest BCUT2D eigenvalue weighted by atomic mass is 16.1. The van der Waals surface area contributed by atoms with Crippen LogP contribution in [0.1, 0.15) is 39.0 Å². The average molecular weight is 195 g/mol. The van der Waals surface area contributed by atoms with Gasteiger partial charge in [-0.3, -0.25) is 4.79 Å². The number of carbonyl (C=O) groups excluding carboxylic acids is 1. The Hall–Kier alpha value is -0.790. The predicted octanol–water partition coefficient (Wildman–Crippen LogP) is 2.60. The molecule has 1 atom stereocenters. The summed E-state index contributed by atoms with van der Waals surface area (Å²) in [7, 11) is 3.95. The predicted molar refractivity (Wildman–Crippen MR) is 59.0 cm³/mol. The summed E-state index contributed by atoms with van der Waals surface area (Å²) in [6.07, 6.45) is 7.32. The molecule has 0 N–H and O–H groups in total. The van der Waals surface area contributed by atoms with Crippen molar-refractivity contribution in [3.63, 3.8) is 0 Å². The molecule has 0 amide bonds. The van der Waals surface area contributed by atoms with Gasteiger partial charge in [-0.15, -0.1) is 0 Å². The number of Topliss-reactive ketones (excluding diaryl/α,β-unsaturated/α-hetero) is 1. The van der Waals surface area contributed by atoms with Gasteiger partial charge in [0.05, 0.1) is 0 Å². The average Bonchev–Trinajstić information content (AvgIpc) is 2.10. The van der Waals surface area contributed by atoms with E-state index in [-0.39, 0.29) is 0 Å². The second kappa shape index (κ2) is 5.18. The van der Waals surface area contributed by atoms with E-state index in [1.807, 2.05) is 25.2 Å². The summed E-state index contributed by atoms with van der Waals surface area (Å²) >= 11 is 0. The first-order chi connectivity index (χ1) is 6.63. The molecule has 0 saturated heterocycles. The van der Waals surface area contributed by atoms with E-state index >= 15 is 0 Å². The van der Waals surface area contributed by atoms with Crippen LogP contribution in [-0.4, -0.2) is 24.8 Å². The molecule has 0 aliphatic heterocycles. The standard InChI is InChI=1S/C12H21NO/c1-4-5-10-6-7-12(14)11(8-10)9-13(2)3/h9-10H,4-8H2,1-3H3/b11-9+. The third kappa shape index (κ3) is 3.17. The highest BCUT2D eigenvalue weighted by Gasteiger charge is 2.22. The molecule has 80 valence electrons. The Kier molecular flexibility index (Phi) is 4.18. The lowest BCUT2D eigenvalue weighted by Gasteiger charge is -2.23. The Labute approximate surface area is 87.0 Å². The lowest BCUT2D eigenvalue weighted by molar-refractivity contribution is -0.117. The summed E-state index contributed by atoms with van der Waals surface area (Å²) in [4.78, 5) is 13.6. The molecule has 0 bridgehead atoms. The van der Waals surface area contributed by atoms with E-state index in [2.05, 4.69) is 6.92 Å². The van der Waals surface area contributed by atoms with E-state index in [0.29, 0.717) is 5.78 Å². The lowest BCUT2D eigenvalue weighted by Crippen LogP contribution is -2.19. The van der Waals surface area contributed by atoms with Gasteiger partial charge < -0.3 is 4.90 Å². The molecule has 1 aliphatic rings. The highest BCUT2D eigenvalue weighted by molar-refractivity contribution is 5.95. The SMILES string of the molecule is CCCC1CCC(=O)/C(=C/N(C)C)C1. The Morgan fingerprint density at radius 3 is 2.79 bits per heavy atom. The van der Waals surface area contributed by atoms with E-state index in [9.17, 15) is 4.79 Å². The smallest absolute Gasteiger partial charge is 0.160 e. The second-order valence-electron chi connectivity index (χ2n) is 4.44. The molecule has 0 aromatic carbocycles. The van der Waals surface area contributed by atoms with Crippen LogP contribution in [0.15, 0.2) is 11.8 Å². The summed E-state index contributed by atoms with van der Waals surface area (Å²) in [5.41, 5.74) is 1.03. The van der Waals surface area contributed by atoms with Gasteiger partial charge in [-0.25, -0.2) is 0 Å². The Morgan fingerprint density at radius 1 is 1.50 bits per heavy atom. The molecular weight excluding hydrogens is 174 g/mol. The maximum atomic E-state index is 11.6. The van der Waals surface area contributed by atoms with Gasteiger partial charge >= 0.3 is 0 Å². The monoisotopic (exact) mass is 195 g/mol. The van der Waals surface area contributed by atoms with Crippen molar-refractivity contribution in [1.29, 1.82) is 0 Å². The first-order valence-electron chi connectivity index (χ1n) is 5.53. The maximum Gasteiger partial charge on any atom is 0.160 e. The van der Waals surface area contributed by atoms with Crippen molar-refractivity contribution in [2.24, 2.45) is 5.92 Å². The quantitative estimate of drug-likeness (QED) is 0.645. The van der Waals surface area contributed by atoms with Crippen LogP contribution in [0.5, 0.6) is 0 Å². The molecule has 0 aromatic heterocycles. The fourth-order valence-corrected chi connectivity index (χ4v) is 2.11. The van der Waals surface area contributed by atoms with E-state index in [1.165, 1.54) is 12.8 Å². The summed E-state index contributed by atoms with van der Waals surface area (Å²) in [5, 5.41) is 0. The van der Waals surface area contributed by atoms with Crippen LogP contribution < -0.4 is 0 Å². The van der Waals surface area contributed by atoms with E-state index in [4.69, 9.17) is 0 Å². The molecule has 0 radical (unpaired) electrons. The number of ketones is 1. The number of nitrogens with zero attached hydrogens (tertiary/aromatic N) is 1. The lowest BCUT2D eigenvalue weighted by atomic mass is 9.82. The van der Waals surface area contributed by atoms with Gasteiger partial charge in [-0.05, 0) is 18.8 Å². The summed E-state index contributed by atoms with van der Waals surface area (Å²) in [6, 6.07) is 0. The number of allylic oxidation sites excluding steroid dienone is 1. The molecule has 14 heavy (non-hydrogen) atoms. The van der Waals surface area contributed by atoms with E-state index in [1.54, 1.807) is 0 Å². The van der Waals surface area contributed by atoms with Crippen LogP contribution >= 0.6 is 0 Å². The van der Waals surface area contributed by atoms with Gasteiger partial charge in [-0.1, -0.05) is 19.8 Å². The molecule has 1 fully saturated rings. The summed E-state index contributed by atoms with van der Waals surface area (Å²) in [5.74, 6) is 1.09. The Morgan fingerprint density at radius 2 is 2.21 bits per heavy atom. The molecule has 1 aliphatic carbocycles. The normalized spacial score (nSPS) is 25.5. The van der Waals surface area contributed by atoms with Crippen LogP contribution in [-0.2, 0) is 4.79 Å². The number of hydrogen-bond acceptors (Lipinski definition) is 2. The van der Waals surface area contributed by atoms with Crippen LogP contribution in [0.4, 0.5) is 0 Å². The van der Waals surface area contributed by atoms with Crippen molar-refractivity contribution in [2.45, 2.75) is 39.0 Å². The second-order valence-corrected chi connectivity index (χ2v) is 4.44. The fourth-order valence-electron chi connectivity index (χ4n) is 2.11. The molecule has 2 heteroatoms. The van der Waals surface area contributed by atoms with Crippen molar-refractivity contribution >= 4 is 5.78 Å². The van der Waals surface area contributed by atoms with Crippen LogP contribution in [0.25, 0.3) is 0 Å². The maximum absolute atomic E-state index is 11.6. The largest absolute Gasteiger partial charge is 0.383 e. The third-order valence-electron chi connectivity index (χ3n) is 2.76. The summed E-state index contributed by atoms with van der Waals surface area (Å²) < 4.78 is 0. The molecule has 0 aromatic rings. The number of hydrogen-bond donors (Lipinski definition) is 0. The van der Waals surface area contributed by atoms with E-state index < -0.39 is 0 Å². The fraction of sp³-hybridized carbons (Fsp3) is 0.750. The van der Waals surface area contributed by atoms with E-state index in [0.717, 1.165) is 30.8 Å². The van der Waals surface area contributed by atoms with Gasteiger partial charge in [-0.2, -0.15) is 0 Å². The van der Waals surface area contributed by atoms with Crippen molar-refractivity contribution in [3.8, 4) is 0 Å². The van der Waals surface area contributed by atoms with Crippen molar-refractivity contribution in [1.82, 2.24) is 4.90 Å².